The van der Waals surface area contributed by atoms with Gasteiger partial charge in [0, 0.05) is 0 Å². The molecular weight excluding hydrogens is 307 g/mol. The maximum atomic E-state index is 13.6. The second kappa shape index (κ2) is 7.13. The highest BCUT2D eigenvalue weighted by Gasteiger charge is 2.10. The number of fused-ring (bicyclic) bond motifs is 1. The van der Waals surface area contributed by atoms with Crippen molar-refractivity contribution >= 4 is 16.7 Å². The van der Waals surface area contributed by atoms with E-state index in [1.807, 2.05) is 42.5 Å². The SMILES string of the molecule is COc1ccc(CC(=O)OCc2cccc3ccccc23)cc1F. The van der Waals surface area contributed by atoms with E-state index in [4.69, 9.17) is 9.47 Å². The van der Waals surface area contributed by atoms with Gasteiger partial charge in [0.15, 0.2) is 11.6 Å². The van der Waals surface area contributed by atoms with Crippen molar-refractivity contribution in [3.05, 3.63) is 77.6 Å². The molecule has 3 nitrogen and oxygen atoms in total. The van der Waals surface area contributed by atoms with Gasteiger partial charge in [0.2, 0.25) is 0 Å². The van der Waals surface area contributed by atoms with Crippen LogP contribution in [0.4, 0.5) is 4.39 Å². The Bertz CT molecular complexity index is 868. The lowest BCUT2D eigenvalue weighted by Crippen LogP contribution is -2.08. The summed E-state index contributed by atoms with van der Waals surface area (Å²) in [6, 6.07) is 18.3. The van der Waals surface area contributed by atoms with Gasteiger partial charge in [-0.15, -0.1) is 0 Å². The zero-order valence-electron chi connectivity index (χ0n) is 13.3. The molecule has 0 atom stereocenters. The van der Waals surface area contributed by atoms with Gasteiger partial charge < -0.3 is 9.47 Å². The molecule has 3 rings (SSSR count). The average Bonchev–Trinajstić information content (AvgIpc) is 2.60. The van der Waals surface area contributed by atoms with Gasteiger partial charge in [0.1, 0.15) is 6.61 Å². The lowest BCUT2D eigenvalue weighted by atomic mass is 10.1. The Hall–Kier alpha value is -2.88. The first-order valence-corrected chi connectivity index (χ1v) is 7.62. The standard InChI is InChI=1S/C20H17FO3/c1-23-19-10-9-14(11-18(19)21)12-20(22)24-13-16-7-4-6-15-5-2-3-8-17(15)16/h2-11H,12-13H2,1H3. The molecule has 0 unspecified atom stereocenters. The van der Waals surface area contributed by atoms with E-state index in [-0.39, 0.29) is 18.8 Å². The molecule has 0 aliphatic heterocycles. The number of rotatable bonds is 5. The Morgan fingerprint density at radius 1 is 1.04 bits per heavy atom. The number of carbonyl (C=O) groups is 1. The fourth-order valence-corrected chi connectivity index (χ4v) is 2.61. The fourth-order valence-electron chi connectivity index (χ4n) is 2.61. The van der Waals surface area contributed by atoms with Crippen LogP contribution in [0.3, 0.4) is 0 Å². The number of benzene rings is 3. The molecular formula is C20H17FO3. The molecule has 0 aromatic heterocycles. The maximum Gasteiger partial charge on any atom is 0.310 e. The molecule has 3 aromatic carbocycles. The Labute approximate surface area is 139 Å². The van der Waals surface area contributed by atoms with Gasteiger partial charge in [-0.1, -0.05) is 48.5 Å². The Balaban J connectivity index is 1.66. The summed E-state index contributed by atoms with van der Waals surface area (Å²) in [6.07, 6.45) is 0.0195. The maximum absolute atomic E-state index is 13.6. The molecule has 122 valence electrons. The number of ether oxygens (including phenoxy) is 2. The molecule has 0 spiro atoms. The molecule has 0 saturated heterocycles. The Kier molecular flexibility index (Phi) is 4.75. The predicted molar refractivity (Wildman–Crippen MR) is 90.4 cm³/mol. The summed E-state index contributed by atoms with van der Waals surface area (Å²) in [7, 11) is 1.40. The lowest BCUT2D eigenvalue weighted by molar-refractivity contribution is -0.144. The van der Waals surface area contributed by atoms with E-state index in [0.29, 0.717) is 5.56 Å². The highest BCUT2D eigenvalue weighted by Crippen LogP contribution is 2.20. The van der Waals surface area contributed by atoms with Crippen molar-refractivity contribution in [2.24, 2.45) is 0 Å². The molecule has 0 fully saturated rings. The van der Waals surface area contributed by atoms with Gasteiger partial charge in [0.05, 0.1) is 13.5 Å². The first kappa shape index (κ1) is 16.0. The van der Waals surface area contributed by atoms with Gasteiger partial charge in [-0.25, -0.2) is 4.39 Å². The van der Waals surface area contributed by atoms with Crippen LogP contribution in [0.15, 0.2) is 60.7 Å². The highest BCUT2D eigenvalue weighted by molar-refractivity contribution is 5.85. The van der Waals surface area contributed by atoms with Crippen LogP contribution in [-0.4, -0.2) is 13.1 Å². The molecule has 0 aliphatic rings. The molecule has 3 aromatic rings. The van der Waals surface area contributed by atoms with E-state index in [1.54, 1.807) is 6.07 Å². The van der Waals surface area contributed by atoms with Crippen LogP contribution in [0.5, 0.6) is 5.75 Å². The van der Waals surface area contributed by atoms with Crippen LogP contribution in [0.25, 0.3) is 10.8 Å². The molecule has 0 heterocycles. The summed E-state index contributed by atoms with van der Waals surface area (Å²) in [4.78, 5) is 12.0. The monoisotopic (exact) mass is 324 g/mol. The van der Waals surface area contributed by atoms with E-state index < -0.39 is 11.8 Å². The first-order valence-electron chi connectivity index (χ1n) is 7.62. The van der Waals surface area contributed by atoms with E-state index in [2.05, 4.69) is 0 Å². The van der Waals surface area contributed by atoms with Crippen LogP contribution in [0.1, 0.15) is 11.1 Å². The van der Waals surface area contributed by atoms with Crippen molar-refractivity contribution in [3.8, 4) is 5.75 Å². The van der Waals surface area contributed by atoms with Crippen molar-refractivity contribution < 1.29 is 18.7 Å². The fraction of sp³-hybridized carbons (Fsp3) is 0.150. The second-order valence-electron chi connectivity index (χ2n) is 5.44. The van der Waals surface area contributed by atoms with Gasteiger partial charge >= 0.3 is 5.97 Å². The molecule has 0 aliphatic carbocycles. The third-order valence-electron chi connectivity index (χ3n) is 3.83. The first-order chi connectivity index (χ1) is 11.7. The van der Waals surface area contributed by atoms with Gasteiger partial charge in [0.25, 0.3) is 0 Å². The summed E-state index contributed by atoms with van der Waals surface area (Å²) < 4.78 is 23.9. The number of esters is 1. The van der Waals surface area contributed by atoms with E-state index >= 15 is 0 Å². The summed E-state index contributed by atoms with van der Waals surface area (Å²) in [5.41, 5.74) is 1.50. The van der Waals surface area contributed by atoms with Crippen LogP contribution < -0.4 is 4.74 Å². The second-order valence-corrected chi connectivity index (χ2v) is 5.44. The average molecular weight is 324 g/mol. The number of hydrogen-bond acceptors (Lipinski definition) is 3. The number of halogens is 1. The minimum Gasteiger partial charge on any atom is -0.494 e. The van der Waals surface area contributed by atoms with Gasteiger partial charge in [-0.2, -0.15) is 0 Å². The topological polar surface area (TPSA) is 35.5 Å². The van der Waals surface area contributed by atoms with Gasteiger partial charge in [-0.3, -0.25) is 4.79 Å². The van der Waals surface area contributed by atoms with Crippen LogP contribution in [0, 0.1) is 5.82 Å². The van der Waals surface area contributed by atoms with Crippen molar-refractivity contribution in [3.63, 3.8) is 0 Å². The van der Waals surface area contributed by atoms with Crippen LogP contribution in [0.2, 0.25) is 0 Å². The molecule has 0 radical (unpaired) electrons. The highest BCUT2D eigenvalue weighted by atomic mass is 19.1. The normalized spacial score (nSPS) is 10.6. The zero-order valence-corrected chi connectivity index (χ0v) is 13.3. The lowest BCUT2D eigenvalue weighted by Gasteiger charge is -2.09. The van der Waals surface area contributed by atoms with Crippen LogP contribution in [-0.2, 0) is 22.6 Å². The minimum atomic E-state index is -0.489. The molecule has 4 heteroatoms. The van der Waals surface area contributed by atoms with Gasteiger partial charge in [-0.05, 0) is 34.0 Å². The predicted octanol–water partition coefficient (Wildman–Crippen LogP) is 4.27. The van der Waals surface area contributed by atoms with E-state index in [1.165, 1.54) is 19.2 Å². The van der Waals surface area contributed by atoms with Crippen LogP contribution >= 0.6 is 0 Å². The summed E-state index contributed by atoms with van der Waals surface area (Å²) in [6.45, 7) is 0.193. The molecule has 0 bridgehead atoms. The van der Waals surface area contributed by atoms with Crippen molar-refractivity contribution in [1.29, 1.82) is 0 Å². The summed E-state index contributed by atoms with van der Waals surface area (Å²) in [5, 5.41) is 2.16. The number of methoxy groups -OCH3 is 1. The Morgan fingerprint density at radius 3 is 2.62 bits per heavy atom. The Morgan fingerprint density at radius 2 is 1.83 bits per heavy atom. The largest absolute Gasteiger partial charge is 0.494 e. The quantitative estimate of drug-likeness (QED) is 0.657. The number of carbonyl (C=O) groups excluding carboxylic acids is 1. The third-order valence-corrected chi connectivity index (χ3v) is 3.83. The van der Waals surface area contributed by atoms with Crippen molar-refractivity contribution in [2.75, 3.05) is 7.11 Å². The molecule has 0 amide bonds. The molecule has 0 saturated carbocycles. The van der Waals surface area contributed by atoms with Crippen molar-refractivity contribution in [2.45, 2.75) is 13.0 Å². The zero-order chi connectivity index (χ0) is 16.9. The van der Waals surface area contributed by atoms with Crippen molar-refractivity contribution in [1.82, 2.24) is 0 Å². The molecule has 24 heavy (non-hydrogen) atoms. The smallest absolute Gasteiger partial charge is 0.310 e. The molecule has 0 N–H and O–H groups in total. The third kappa shape index (κ3) is 3.54. The van der Waals surface area contributed by atoms with E-state index in [9.17, 15) is 9.18 Å². The minimum absolute atomic E-state index is 0.0195. The summed E-state index contributed by atoms with van der Waals surface area (Å²) >= 11 is 0. The summed E-state index contributed by atoms with van der Waals surface area (Å²) in [5.74, 6) is -0.729. The van der Waals surface area contributed by atoms with E-state index in [0.717, 1.165) is 16.3 Å². The number of hydrogen-bond donors (Lipinski definition) is 0.